The average Bonchev–Trinajstić information content (AvgIpc) is 2.65. The van der Waals surface area contributed by atoms with E-state index < -0.39 is 21.8 Å². The predicted molar refractivity (Wildman–Crippen MR) is 103 cm³/mol. The van der Waals surface area contributed by atoms with E-state index in [2.05, 4.69) is 5.32 Å². The SMILES string of the molecule is O=C(Nc1ccccc1Cl)C1CCCN(S(=O)(=O)Cc2ccc(F)cc2)C1. The van der Waals surface area contributed by atoms with Gasteiger partial charge in [0.25, 0.3) is 0 Å². The van der Waals surface area contributed by atoms with Crippen molar-refractivity contribution in [1.82, 2.24) is 4.31 Å². The fourth-order valence-electron chi connectivity index (χ4n) is 3.09. The number of nitrogens with zero attached hydrogens (tertiary/aromatic N) is 1. The first-order valence-corrected chi connectivity index (χ1v) is 10.6. The molecule has 0 saturated carbocycles. The smallest absolute Gasteiger partial charge is 0.228 e. The van der Waals surface area contributed by atoms with Gasteiger partial charge in [-0.25, -0.2) is 17.1 Å². The van der Waals surface area contributed by atoms with Crippen molar-refractivity contribution in [1.29, 1.82) is 0 Å². The van der Waals surface area contributed by atoms with Crippen molar-refractivity contribution in [3.8, 4) is 0 Å². The second-order valence-electron chi connectivity index (χ2n) is 6.55. The van der Waals surface area contributed by atoms with Gasteiger partial charge < -0.3 is 5.32 Å². The summed E-state index contributed by atoms with van der Waals surface area (Å²) >= 11 is 6.06. The molecule has 1 unspecified atom stereocenters. The maximum absolute atomic E-state index is 13.0. The van der Waals surface area contributed by atoms with Gasteiger partial charge in [0.15, 0.2) is 0 Å². The number of para-hydroxylation sites is 1. The van der Waals surface area contributed by atoms with Crippen molar-refractivity contribution in [3.05, 3.63) is 64.9 Å². The number of carbonyl (C=O) groups is 1. The second kappa shape index (κ2) is 8.37. The summed E-state index contributed by atoms with van der Waals surface area (Å²) in [6, 6.07) is 12.3. The molecular formula is C19H20ClFN2O3S. The highest BCUT2D eigenvalue weighted by molar-refractivity contribution is 7.88. The van der Waals surface area contributed by atoms with Gasteiger partial charge in [-0.3, -0.25) is 4.79 Å². The van der Waals surface area contributed by atoms with Crippen molar-refractivity contribution in [2.45, 2.75) is 18.6 Å². The zero-order valence-corrected chi connectivity index (χ0v) is 16.1. The maximum atomic E-state index is 13.0. The monoisotopic (exact) mass is 410 g/mol. The molecule has 5 nitrogen and oxygen atoms in total. The Labute approximate surface area is 163 Å². The van der Waals surface area contributed by atoms with Crippen LogP contribution >= 0.6 is 11.6 Å². The quantitative estimate of drug-likeness (QED) is 0.818. The van der Waals surface area contributed by atoms with Gasteiger partial charge in [-0.15, -0.1) is 0 Å². The molecule has 0 bridgehead atoms. The Balaban J connectivity index is 1.66. The summed E-state index contributed by atoms with van der Waals surface area (Å²) < 4.78 is 39.8. The summed E-state index contributed by atoms with van der Waals surface area (Å²) in [6.07, 6.45) is 1.21. The Morgan fingerprint density at radius 3 is 2.59 bits per heavy atom. The summed E-state index contributed by atoms with van der Waals surface area (Å²) in [5, 5.41) is 3.21. The van der Waals surface area contributed by atoms with Crippen LogP contribution in [-0.4, -0.2) is 31.7 Å². The molecule has 1 amide bonds. The van der Waals surface area contributed by atoms with Crippen molar-refractivity contribution < 1.29 is 17.6 Å². The fourth-order valence-corrected chi connectivity index (χ4v) is 4.88. The molecular weight excluding hydrogens is 391 g/mol. The number of rotatable bonds is 5. The van der Waals surface area contributed by atoms with E-state index in [1.165, 1.54) is 28.6 Å². The molecule has 1 saturated heterocycles. The van der Waals surface area contributed by atoms with Crippen LogP contribution in [0.3, 0.4) is 0 Å². The van der Waals surface area contributed by atoms with E-state index in [1.807, 2.05) is 0 Å². The van der Waals surface area contributed by atoms with Gasteiger partial charge in [0.05, 0.1) is 22.4 Å². The lowest BCUT2D eigenvalue weighted by Gasteiger charge is -2.31. The van der Waals surface area contributed by atoms with Gasteiger partial charge in [-0.1, -0.05) is 35.9 Å². The van der Waals surface area contributed by atoms with Crippen LogP contribution in [0.15, 0.2) is 48.5 Å². The Hall–Kier alpha value is -1.96. The minimum Gasteiger partial charge on any atom is -0.324 e. The summed E-state index contributed by atoms with van der Waals surface area (Å²) in [5.41, 5.74) is 1.02. The van der Waals surface area contributed by atoms with Crippen LogP contribution in [0, 0.1) is 11.7 Å². The number of nitrogens with one attached hydrogen (secondary N) is 1. The largest absolute Gasteiger partial charge is 0.324 e. The Morgan fingerprint density at radius 1 is 1.19 bits per heavy atom. The number of hydrogen-bond acceptors (Lipinski definition) is 3. The van der Waals surface area contributed by atoms with E-state index >= 15 is 0 Å². The molecule has 0 aromatic heterocycles. The number of halogens is 2. The summed E-state index contributed by atoms with van der Waals surface area (Å²) in [4.78, 5) is 12.6. The van der Waals surface area contributed by atoms with Gasteiger partial charge in [-0.2, -0.15) is 0 Å². The third kappa shape index (κ3) is 5.06. The number of sulfonamides is 1. The van der Waals surface area contributed by atoms with E-state index in [0.29, 0.717) is 35.7 Å². The minimum atomic E-state index is -3.59. The third-order valence-corrected chi connectivity index (χ3v) is 6.69. The van der Waals surface area contributed by atoms with Crippen molar-refractivity contribution in [3.63, 3.8) is 0 Å². The first-order valence-electron chi connectivity index (χ1n) is 8.63. The molecule has 27 heavy (non-hydrogen) atoms. The molecule has 1 N–H and O–H groups in total. The van der Waals surface area contributed by atoms with Crippen LogP contribution in [0.4, 0.5) is 10.1 Å². The lowest BCUT2D eigenvalue weighted by atomic mass is 9.99. The number of anilines is 1. The van der Waals surface area contributed by atoms with E-state index in [-0.39, 0.29) is 18.2 Å². The van der Waals surface area contributed by atoms with Crippen LogP contribution in [-0.2, 0) is 20.6 Å². The van der Waals surface area contributed by atoms with E-state index in [0.717, 1.165) is 0 Å². The first-order chi connectivity index (χ1) is 12.8. The lowest BCUT2D eigenvalue weighted by Crippen LogP contribution is -2.44. The minimum absolute atomic E-state index is 0.125. The van der Waals surface area contributed by atoms with Gasteiger partial charge in [0.2, 0.25) is 15.9 Å². The molecule has 0 aliphatic carbocycles. The zero-order valence-electron chi connectivity index (χ0n) is 14.6. The molecule has 1 atom stereocenters. The molecule has 2 aromatic carbocycles. The van der Waals surface area contributed by atoms with Crippen molar-refractivity contribution in [2.75, 3.05) is 18.4 Å². The fraction of sp³-hybridized carbons (Fsp3) is 0.316. The van der Waals surface area contributed by atoms with Crippen LogP contribution < -0.4 is 5.32 Å². The standard InChI is InChI=1S/C19H20ClFN2O3S/c20-17-5-1-2-6-18(17)22-19(24)15-4-3-11-23(12-15)27(25,26)13-14-7-9-16(21)10-8-14/h1-2,5-10,15H,3-4,11-13H2,(H,22,24). The normalized spacial score (nSPS) is 18.2. The Bertz CT molecular complexity index is 919. The highest BCUT2D eigenvalue weighted by Gasteiger charge is 2.32. The lowest BCUT2D eigenvalue weighted by molar-refractivity contribution is -0.120. The van der Waals surface area contributed by atoms with Gasteiger partial charge >= 0.3 is 0 Å². The second-order valence-corrected chi connectivity index (χ2v) is 8.93. The number of carbonyl (C=O) groups excluding carboxylic acids is 1. The molecule has 0 spiro atoms. The predicted octanol–water partition coefficient (Wildman–Crippen LogP) is 3.66. The molecule has 1 aliphatic rings. The highest BCUT2D eigenvalue weighted by Crippen LogP contribution is 2.25. The molecule has 3 rings (SSSR count). The highest BCUT2D eigenvalue weighted by atomic mass is 35.5. The van der Waals surface area contributed by atoms with Crippen LogP contribution in [0.5, 0.6) is 0 Å². The van der Waals surface area contributed by atoms with E-state index in [4.69, 9.17) is 11.6 Å². The number of benzene rings is 2. The first kappa shape index (κ1) is 19.8. The molecule has 0 radical (unpaired) electrons. The van der Waals surface area contributed by atoms with E-state index in [1.54, 1.807) is 24.3 Å². The molecule has 8 heteroatoms. The summed E-state index contributed by atoms with van der Waals surface area (Å²) in [5.74, 6) is -1.32. The van der Waals surface area contributed by atoms with Crippen LogP contribution in [0.1, 0.15) is 18.4 Å². The number of hydrogen-bond donors (Lipinski definition) is 1. The van der Waals surface area contributed by atoms with Crippen LogP contribution in [0.25, 0.3) is 0 Å². The van der Waals surface area contributed by atoms with Gasteiger partial charge in [-0.05, 0) is 42.7 Å². The maximum Gasteiger partial charge on any atom is 0.228 e. The number of amides is 1. The Morgan fingerprint density at radius 2 is 1.89 bits per heavy atom. The Kier molecular flexibility index (Phi) is 6.14. The zero-order chi connectivity index (χ0) is 19.4. The van der Waals surface area contributed by atoms with Gasteiger partial charge in [0, 0.05) is 13.1 Å². The van der Waals surface area contributed by atoms with E-state index in [9.17, 15) is 17.6 Å². The van der Waals surface area contributed by atoms with Crippen LogP contribution in [0.2, 0.25) is 5.02 Å². The summed E-state index contributed by atoms with van der Waals surface area (Å²) in [6.45, 7) is 0.499. The number of piperidine rings is 1. The molecule has 1 heterocycles. The summed E-state index contributed by atoms with van der Waals surface area (Å²) in [7, 11) is -3.59. The van der Waals surface area contributed by atoms with Crippen molar-refractivity contribution in [2.24, 2.45) is 5.92 Å². The molecule has 1 aliphatic heterocycles. The molecule has 144 valence electrons. The topological polar surface area (TPSA) is 66.5 Å². The van der Waals surface area contributed by atoms with Crippen molar-refractivity contribution >= 4 is 33.2 Å². The molecule has 1 fully saturated rings. The van der Waals surface area contributed by atoms with Gasteiger partial charge in [0.1, 0.15) is 5.82 Å². The average molecular weight is 411 g/mol. The molecule has 2 aromatic rings. The third-order valence-electron chi connectivity index (χ3n) is 4.54.